The summed E-state index contributed by atoms with van der Waals surface area (Å²) in [5, 5.41) is 2.94. The van der Waals surface area contributed by atoms with Crippen LogP contribution in [-0.2, 0) is 17.4 Å². The molecule has 0 radical (unpaired) electrons. The van der Waals surface area contributed by atoms with E-state index in [9.17, 15) is 18.0 Å². The molecule has 0 saturated heterocycles. The molecule has 0 spiro atoms. The minimum atomic E-state index is -4.55. The smallest absolute Gasteiger partial charge is 0.326 e. The fraction of sp³-hybridized carbons (Fsp3) is 0.158. The molecule has 3 rings (SSSR count). The minimum Gasteiger partial charge on any atom is -0.326 e. The molecule has 4 nitrogen and oxygen atoms in total. The summed E-state index contributed by atoms with van der Waals surface area (Å²) in [6, 6.07) is 10.2. The van der Waals surface area contributed by atoms with E-state index in [2.05, 4.69) is 10.3 Å². The quantitative estimate of drug-likeness (QED) is 0.675. The Kier molecular flexibility index (Phi) is 5.23. The average molecular weight is 394 g/mol. The fourth-order valence-corrected chi connectivity index (χ4v) is 2.78. The predicted octanol–water partition coefficient (Wildman–Crippen LogP) is 5.03. The number of rotatable bonds is 4. The highest BCUT2D eigenvalue weighted by Gasteiger charge is 2.31. The van der Waals surface area contributed by atoms with E-state index in [4.69, 9.17) is 11.6 Å². The van der Waals surface area contributed by atoms with Crippen LogP contribution in [0.2, 0.25) is 5.02 Å². The van der Waals surface area contributed by atoms with E-state index in [1.807, 2.05) is 0 Å². The van der Waals surface area contributed by atoms with E-state index >= 15 is 0 Å². The van der Waals surface area contributed by atoms with Crippen LogP contribution in [0.3, 0.4) is 0 Å². The van der Waals surface area contributed by atoms with Crippen LogP contribution in [-0.4, -0.2) is 15.5 Å². The van der Waals surface area contributed by atoms with Crippen LogP contribution in [0.25, 0.3) is 5.69 Å². The van der Waals surface area contributed by atoms with Gasteiger partial charge in [0.15, 0.2) is 0 Å². The number of nitrogens with zero attached hydrogens (tertiary/aromatic N) is 2. The van der Waals surface area contributed by atoms with E-state index in [0.29, 0.717) is 16.3 Å². The van der Waals surface area contributed by atoms with Gasteiger partial charge in [-0.3, -0.25) is 4.79 Å². The van der Waals surface area contributed by atoms with Crippen LogP contribution in [0, 0.1) is 6.92 Å². The van der Waals surface area contributed by atoms with E-state index in [-0.39, 0.29) is 17.8 Å². The summed E-state index contributed by atoms with van der Waals surface area (Å²) in [6.07, 6.45) is -1.58. The lowest BCUT2D eigenvalue weighted by molar-refractivity contribution is -0.137. The van der Waals surface area contributed by atoms with Gasteiger partial charge in [-0.1, -0.05) is 29.8 Å². The second-order valence-corrected chi connectivity index (χ2v) is 6.41. The number of hydrogen-bond donors (Lipinski definition) is 1. The summed E-state index contributed by atoms with van der Waals surface area (Å²) >= 11 is 6.02. The summed E-state index contributed by atoms with van der Waals surface area (Å²) < 4.78 is 41.2. The SMILES string of the molecule is Cc1cn(-c2cc(NC(=O)Cc3ccccc3Cl)cc(C(F)(F)F)c2)cn1. The largest absolute Gasteiger partial charge is 0.416 e. The zero-order valence-electron chi connectivity index (χ0n) is 14.2. The zero-order chi connectivity index (χ0) is 19.6. The molecule has 3 aromatic rings. The topological polar surface area (TPSA) is 46.9 Å². The van der Waals surface area contributed by atoms with Gasteiger partial charge in [-0.25, -0.2) is 4.98 Å². The fourth-order valence-electron chi connectivity index (χ4n) is 2.58. The van der Waals surface area contributed by atoms with Gasteiger partial charge in [-0.2, -0.15) is 13.2 Å². The van der Waals surface area contributed by atoms with Gasteiger partial charge in [-0.05, 0) is 36.8 Å². The molecule has 8 heteroatoms. The maximum Gasteiger partial charge on any atom is 0.416 e. The molecule has 2 aromatic carbocycles. The van der Waals surface area contributed by atoms with Crippen LogP contribution in [0.5, 0.6) is 0 Å². The van der Waals surface area contributed by atoms with Crippen LogP contribution >= 0.6 is 11.6 Å². The Morgan fingerprint density at radius 2 is 1.96 bits per heavy atom. The molecule has 27 heavy (non-hydrogen) atoms. The molecule has 0 aliphatic carbocycles. The Bertz CT molecular complexity index is 982. The molecule has 0 aliphatic rings. The molecule has 1 amide bonds. The predicted molar refractivity (Wildman–Crippen MR) is 97.1 cm³/mol. The van der Waals surface area contributed by atoms with Crippen molar-refractivity contribution in [3.63, 3.8) is 0 Å². The Balaban J connectivity index is 1.90. The standard InChI is InChI=1S/C19H15ClF3N3O/c1-12-10-26(11-24-12)16-8-14(19(21,22)23)7-15(9-16)25-18(27)6-13-4-2-3-5-17(13)20/h2-5,7-11H,6H2,1H3,(H,25,27). The molecule has 0 atom stereocenters. The Morgan fingerprint density at radius 1 is 1.22 bits per heavy atom. The van der Waals surface area contributed by atoms with Crippen molar-refractivity contribution in [2.24, 2.45) is 0 Å². The molecule has 0 saturated carbocycles. The van der Waals surface area contributed by atoms with Crippen LogP contribution in [0.1, 0.15) is 16.8 Å². The average Bonchev–Trinajstić information content (AvgIpc) is 3.02. The van der Waals surface area contributed by atoms with Gasteiger partial charge in [0.2, 0.25) is 5.91 Å². The molecular formula is C19H15ClF3N3O. The second kappa shape index (κ2) is 7.44. The van der Waals surface area contributed by atoms with E-state index in [1.54, 1.807) is 37.4 Å². The summed E-state index contributed by atoms with van der Waals surface area (Å²) in [5.41, 5.74) is 0.687. The van der Waals surface area contributed by atoms with E-state index in [0.717, 1.165) is 12.1 Å². The molecule has 0 aliphatic heterocycles. The van der Waals surface area contributed by atoms with Gasteiger partial charge in [0.05, 0.1) is 24.0 Å². The molecular weight excluding hydrogens is 379 g/mol. The number of nitrogens with one attached hydrogen (secondary N) is 1. The normalized spacial score (nSPS) is 11.4. The van der Waals surface area contributed by atoms with Gasteiger partial charge >= 0.3 is 6.18 Å². The van der Waals surface area contributed by atoms with Crippen molar-refractivity contribution in [1.82, 2.24) is 9.55 Å². The number of alkyl halides is 3. The van der Waals surface area contributed by atoms with Gasteiger partial charge in [-0.15, -0.1) is 0 Å². The maximum absolute atomic E-state index is 13.3. The number of carbonyl (C=O) groups excluding carboxylic acids is 1. The van der Waals surface area contributed by atoms with Crippen molar-refractivity contribution in [2.75, 3.05) is 5.32 Å². The summed E-state index contributed by atoms with van der Waals surface area (Å²) in [4.78, 5) is 16.3. The van der Waals surface area contributed by atoms with Crippen molar-refractivity contribution < 1.29 is 18.0 Å². The summed E-state index contributed by atoms with van der Waals surface area (Å²) in [6.45, 7) is 1.73. The van der Waals surface area contributed by atoms with Crippen LogP contribution < -0.4 is 5.32 Å². The first-order chi connectivity index (χ1) is 12.7. The van der Waals surface area contributed by atoms with Crippen molar-refractivity contribution >= 4 is 23.2 Å². The minimum absolute atomic E-state index is 0.0447. The lowest BCUT2D eigenvalue weighted by Gasteiger charge is -2.14. The highest BCUT2D eigenvalue weighted by Crippen LogP contribution is 2.33. The molecule has 0 bridgehead atoms. The number of anilines is 1. The number of amides is 1. The van der Waals surface area contributed by atoms with Crippen LogP contribution in [0.4, 0.5) is 18.9 Å². The molecule has 0 fully saturated rings. The second-order valence-electron chi connectivity index (χ2n) is 6.01. The molecule has 1 N–H and O–H groups in total. The van der Waals surface area contributed by atoms with E-state index < -0.39 is 17.6 Å². The third kappa shape index (κ3) is 4.68. The molecule has 1 heterocycles. The van der Waals surface area contributed by atoms with Crippen molar-refractivity contribution in [1.29, 1.82) is 0 Å². The zero-order valence-corrected chi connectivity index (χ0v) is 15.0. The Morgan fingerprint density at radius 3 is 2.59 bits per heavy atom. The van der Waals surface area contributed by atoms with Gasteiger partial charge in [0.25, 0.3) is 0 Å². The van der Waals surface area contributed by atoms with Crippen molar-refractivity contribution in [3.05, 3.63) is 76.8 Å². The third-order valence-electron chi connectivity index (χ3n) is 3.85. The van der Waals surface area contributed by atoms with Crippen molar-refractivity contribution in [2.45, 2.75) is 19.5 Å². The number of halogens is 4. The number of aromatic nitrogens is 2. The van der Waals surface area contributed by atoms with Gasteiger partial charge in [0.1, 0.15) is 0 Å². The van der Waals surface area contributed by atoms with Crippen LogP contribution in [0.15, 0.2) is 55.0 Å². The highest BCUT2D eigenvalue weighted by atomic mass is 35.5. The number of imidazole rings is 1. The lowest BCUT2D eigenvalue weighted by Crippen LogP contribution is -2.16. The summed E-state index contributed by atoms with van der Waals surface area (Å²) in [7, 11) is 0. The molecule has 0 unspecified atom stereocenters. The van der Waals surface area contributed by atoms with Gasteiger partial charge < -0.3 is 9.88 Å². The number of benzene rings is 2. The van der Waals surface area contributed by atoms with Crippen molar-refractivity contribution in [3.8, 4) is 5.69 Å². The number of hydrogen-bond acceptors (Lipinski definition) is 2. The first kappa shape index (κ1) is 19.0. The molecule has 1 aromatic heterocycles. The third-order valence-corrected chi connectivity index (χ3v) is 4.22. The maximum atomic E-state index is 13.3. The summed E-state index contributed by atoms with van der Waals surface area (Å²) in [5.74, 6) is -0.463. The Labute approximate surface area is 158 Å². The molecule has 140 valence electrons. The first-order valence-electron chi connectivity index (χ1n) is 7.99. The van der Waals surface area contributed by atoms with Gasteiger partial charge in [0, 0.05) is 22.6 Å². The highest BCUT2D eigenvalue weighted by molar-refractivity contribution is 6.31. The first-order valence-corrected chi connectivity index (χ1v) is 8.37. The lowest BCUT2D eigenvalue weighted by atomic mass is 10.1. The number of carbonyl (C=O) groups is 1. The number of aryl methyl sites for hydroxylation is 1. The Hall–Kier alpha value is -2.80. The van der Waals surface area contributed by atoms with E-state index in [1.165, 1.54) is 17.0 Å². The monoisotopic (exact) mass is 393 g/mol.